The first-order valence-electron chi connectivity index (χ1n) is 6.36. The molecule has 0 saturated carbocycles. The van der Waals surface area contributed by atoms with Crippen LogP contribution in [0.1, 0.15) is 18.5 Å². The number of nitrogens with one attached hydrogen (secondary N) is 1. The number of halogens is 1. The van der Waals surface area contributed by atoms with E-state index in [0.717, 1.165) is 29.8 Å². The molecule has 96 valence electrons. The summed E-state index contributed by atoms with van der Waals surface area (Å²) in [6.45, 7) is 3.72. The van der Waals surface area contributed by atoms with E-state index in [9.17, 15) is 4.39 Å². The number of pyridine rings is 1. The lowest BCUT2D eigenvalue weighted by Gasteiger charge is -2.29. The van der Waals surface area contributed by atoms with Gasteiger partial charge in [0.15, 0.2) is 5.65 Å². The summed E-state index contributed by atoms with van der Waals surface area (Å²) in [4.78, 5) is 4.32. The SMILES string of the molecule is Cc1nn(CC2(F)CCNCC2)c2ncccc12. The number of aromatic nitrogens is 3. The molecule has 0 atom stereocenters. The first-order valence-corrected chi connectivity index (χ1v) is 6.36. The highest BCUT2D eigenvalue weighted by Crippen LogP contribution is 2.27. The van der Waals surface area contributed by atoms with Crippen molar-refractivity contribution >= 4 is 11.0 Å². The number of aryl methyl sites for hydroxylation is 1. The second-order valence-corrected chi connectivity index (χ2v) is 5.02. The minimum atomic E-state index is -1.16. The second kappa shape index (κ2) is 4.31. The molecule has 0 aliphatic carbocycles. The van der Waals surface area contributed by atoms with Crippen LogP contribution in [0.5, 0.6) is 0 Å². The Hall–Kier alpha value is -1.49. The quantitative estimate of drug-likeness (QED) is 0.881. The van der Waals surface area contributed by atoms with E-state index in [0.29, 0.717) is 19.4 Å². The summed E-state index contributed by atoms with van der Waals surface area (Å²) in [7, 11) is 0. The highest BCUT2D eigenvalue weighted by atomic mass is 19.1. The van der Waals surface area contributed by atoms with E-state index in [1.54, 1.807) is 10.9 Å². The molecular formula is C13H17FN4. The van der Waals surface area contributed by atoms with Gasteiger partial charge in [-0.3, -0.25) is 0 Å². The maximum atomic E-state index is 14.7. The van der Waals surface area contributed by atoms with E-state index in [-0.39, 0.29) is 0 Å². The predicted molar refractivity (Wildman–Crippen MR) is 68.2 cm³/mol. The Balaban J connectivity index is 1.95. The molecule has 2 aromatic heterocycles. The molecule has 0 spiro atoms. The maximum absolute atomic E-state index is 14.7. The fourth-order valence-corrected chi connectivity index (χ4v) is 2.58. The van der Waals surface area contributed by atoms with Crippen molar-refractivity contribution in [3.8, 4) is 0 Å². The van der Waals surface area contributed by atoms with E-state index in [4.69, 9.17) is 0 Å². The van der Waals surface area contributed by atoms with Crippen molar-refractivity contribution < 1.29 is 4.39 Å². The maximum Gasteiger partial charge on any atom is 0.158 e. The van der Waals surface area contributed by atoms with Crippen LogP contribution in [0.3, 0.4) is 0 Å². The molecule has 18 heavy (non-hydrogen) atoms. The van der Waals surface area contributed by atoms with E-state index in [1.807, 2.05) is 19.1 Å². The minimum Gasteiger partial charge on any atom is -0.316 e. The molecule has 4 nitrogen and oxygen atoms in total. The molecule has 3 rings (SSSR count). The van der Waals surface area contributed by atoms with Gasteiger partial charge in [0.1, 0.15) is 5.67 Å². The highest BCUT2D eigenvalue weighted by Gasteiger charge is 2.33. The molecule has 3 heterocycles. The minimum absolute atomic E-state index is 0.302. The number of piperidine rings is 1. The second-order valence-electron chi connectivity index (χ2n) is 5.02. The topological polar surface area (TPSA) is 42.7 Å². The number of hydrogen-bond acceptors (Lipinski definition) is 3. The molecule has 0 amide bonds. The molecule has 0 bridgehead atoms. The Kier molecular flexibility index (Phi) is 2.78. The van der Waals surface area contributed by atoms with Crippen LogP contribution < -0.4 is 5.32 Å². The van der Waals surface area contributed by atoms with Crippen LogP contribution in [0.15, 0.2) is 18.3 Å². The zero-order valence-corrected chi connectivity index (χ0v) is 10.5. The Bertz CT molecular complexity index is 557. The van der Waals surface area contributed by atoms with Crippen LogP contribution in [-0.4, -0.2) is 33.5 Å². The van der Waals surface area contributed by atoms with Crippen molar-refractivity contribution in [1.29, 1.82) is 0 Å². The molecule has 1 aliphatic heterocycles. The highest BCUT2D eigenvalue weighted by molar-refractivity contribution is 5.77. The van der Waals surface area contributed by atoms with E-state index in [1.165, 1.54) is 0 Å². The number of fused-ring (bicyclic) bond motifs is 1. The van der Waals surface area contributed by atoms with E-state index in [2.05, 4.69) is 15.4 Å². The van der Waals surface area contributed by atoms with Crippen molar-refractivity contribution in [3.05, 3.63) is 24.0 Å². The van der Waals surface area contributed by atoms with Gasteiger partial charge < -0.3 is 5.32 Å². The van der Waals surface area contributed by atoms with Gasteiger partial charge in [0, 0.05) is 11.6 Å². The van der Waals surface area contributed by atoms with Gasteiger partial charge in [-0.05, 0) is 45.0 Å². The molecule has 1 aliphatic rings. The molecular weight excluding hydrogens is 231 g/mol. The Morgan fingerprint density at radius 1 is 1.44 bits per heavy atom. The van der Waals surface area contributed by atoms with Crippen molar-refractivity contribution in [1.82, 2.24) is 20.1 Å². The molecule has 0 unspecified atom stereocenters. The molecule has 1 N–H and O–H groups in total. The van der Waals surface area contributed by atoms with Gasteiger partial charge in [0.05, 0.1) is 12.2 Å². The molecule has 0 radical (unpaired) electrons. The summed E-state index contributed by atoms with van der Waals surface area (Å²) in [6, 6.07) is 3.87. The van der Waals surface area contributed by atoms with E-state index >= 15 is 0 Å². The third-order valence-electron chi connectivity index (χ3n) is 3.62. The Labute approximate surface area is 105 Å². The van der Waals surface area contributed by atoms with Crippen LogP contribution in [0.25, 0.3) is 11.0 Å². The predicted octanol–water partition coefficient (Wildman–Crippen LogP) is 1.83. The average Bonchev–Trinajstić information content (AvgIpc) is 2.67. The first-order chi connectivity index (χ1) is 8.68. The van der Waals surface area contributed by atoms with Crippen molar-refractivity contribution in [2.24, 2.45) is 0 Å². The lowest BCUT2D eigenvalue weighted by molar-refractivity contribution is 0.0907. The summed E-state index contributed by atoms with van der Waals surface area (Å²) in [5.41, 5.74) is 0.537. The number of nitrogens with zero attached hydrogens (tertiary/aromatic N) is 3. The van der Waals surface area contributed by atoms with Gasteiger partial charge in [-0.2, -0.15) is 5.10 Å². The van der Waals surface area contributed by atoms with Gasteiger partial charge in [-0.25, -0.2) is 14.1 Å². The van der Waals surface area contributed by atoms with Crippen molar-refractivity contribution in [3.63, 3.8) is 0 Å². The van der Waals surface area contributed by atoms with Crippen LogP contribution >= 0.6 is 0 Å². The van der Waals surface area contributed by atoms with Crippen LogP contribution in [0.2, 0.25) is 0 Å². The summed E-state index contributed by atoms with van der Waals surface area (Å²) in [5.74, 6) is 0. The van der Waals surface area contributed by atoms with Crippen LogP contribution in [-0.2, 0) is 6.54 Å². The monoisotopic (exact) mass is 248 g/mol. The Morgan fingerprint density at radius 3 is 3.00 bits per heavy atom. The molecule has 5 heteroatoms. The first kappa shape index (κ1) is 11.6. The van der Waals surface area contributed by atoms with Gasteiger partial charge in [0.25, 0.3) is 0 Å². The number of hydrogen-bond donors (Lipinski definition) is 1. The lowest BCUT2D eigenvalue weighted by atomic mass is 9.94. The molecule has 2 aromatic rings. The van der Waals surface area contributed by atoms with Gasteiger partial charge in [-0.15, -0.1) is 0 Å². The third-order valence-corrected chi connectivity index (χ3v) is 3.62. The lowest BCUT2D eigenvalue weighted by Crippen LogP contribution is -2.41. The third kappa shape index (κ3) is 1.99. The number of rotatable bonds is 2. The summed E-state index contributed by atoms with van der Waals surface area (Å²) in [5, 5.41) is 8.61. The van der Waals surface area contributed by atoms with Crippen molar-refractivity contribution in [2.45, 2.75) is 32.0 Å². The molecule has 1 fully saturated rings. The molecule has 0 aromatic carbocycles. The smallest absolute Gasteiger partial charge is 0.158 e. The normalized spacial score (nSPS) is 19.2. The summed E-state index contributed by atoms with van der Waals surface area (Å²) in [6.07, 6.45) is 2.81. The average molecular weight is 248 g/mol. The fourth-order valence-electron chi connectivity index (χ4n) is 2.58. The summed E-state index contributed by atoms with van der Waals surface area (Å²) >= 11 is 0. The molecule has 1 saturated heterocycles. The fraction of sp³-hybridized carbons (Fsp3) is 0.538. The van der Waals surface area contributed by atoms with Crippen LogP contribution in [0, 0.1) is 6.92 Å². The van der Waals surface area contributed by atoms with Gasteiger partial charge in [0.2, 0.25) is 0 Å². The number of alkyl halides is 1. The van der Waals surface area contributed by atoms with Gasteiger partial charge in [-0.1, -0.05) is 0 Å². The Morgan fingerprint density at radius 2 is 2.22 bits per heavy atom. The largest absolute Gasteiger partial charge is 0.316 e. The standard InChI is InChI=1S/C13H17FN4/c1-10-11-3-2-6-16-12(11)18(17-10)9-13(14)4-7-15-8-5-13/h2-3,6,15H,4-5,7-9H2,1H3. The zero-order chi connectivity index (χ0) is 12.6. The van der Waals surface area contributed by atoms with E-state index < -0.39 is 5.67 Å². The zero-order valence-electron chi connectivity index (χ0n) is 10.5. The van der Waals surface area contributed by atoms with Gasteiger partial charge >= 0.3 is 0 Å². The van der Waals surface area contributed by atoms with Crippen molar-refractivity contribution in [2.75, 3.05) is 13.1 Å². The van der Waals surface area contributed by atoms with Crippen LogP contribution in [0.4, 0.5) is 4.39 Å². The summed E-state index contributed by atoms with van der Waals surface area (Å²) < 4.78 is 16.4.